The van der Waals surface area contributed by atoms with Gasteiger partial charge in [-0.2, -0.15) is 0 Å². The van der Waals surface area contributed by atoms with Gasteiger partial charge in [0.05, 0.1) is 0 Å². The maximum atomic E-state index is 12.7. The van der Waals surface area contributed by atoms with Gasteiger partial charge in [0.2, 0.25) is 5.91 Å². The van der Waals surface area contributed by atoms with E-state index in [2.05, 4.69) is 40.5 Å². The summed E-state index contributed by atoms with van der Waals surface area (Å²) < 4.78 is 0. The van der Waals surface area contributed by atoms with E-state index in [1.807, 2.05) is 11.9 Å². The topological polar surface area (TPSA) is 35.6 Å². The van der Waals surface area contributed by atoms with E-state index in [-0.39, 0.29) is 5.92 Å². The van der Waals surface area contributed by atoms with Crippen LogP contribution in [0.5, 0.6) is 0 Å². The maximum Gasteiger partial charge on any atom is 0.225 e. The molecule has 1 atom stereocenters. The molecule has 0 bridgehead atoms. The summed E-state index contributed by atoms with van der Waals surface area (Å²) in [6.07, 6.45) is 4.25. The number of nitrogens with zero attached hydrogens (tertiary/aromatic N) is 2. The second-order valence-electron chi connectivity index (χ2n) is 6.55. The van der Waals surface area contributed by atoms with E-state index in [4.69, 9.17) is 0 Å². The largest absolute Gasteiger partial charge is 0.369 e. The van der Waals surface area contributed by atoms with E-state index in [1.165, 1.54) is 5.69 Å². The first-order valence-electron chi connectivity index (χ1n) is 8.53. The van der Waals surface area contributed by atoms with Crippen LogP contribution in [0.4, 0.5) is 5.69 Å². The maximum absolute atomic E-state index is 12.7. The number of piperidine rings is 2. The van der Waals surface area contributed by atoms with Crippen molar-refractivity contribution in [2.45, 2.75) is 31.7 Å². The molecule has 1 N–H and O–H groups in total. The third kappa shape index (κ3) is 3.43. The number of likely N-dealkylation sites (N-methyl/N-ethyl adjacent to an activating group) is 1. The number of nitrogens with one attached hydrogen (secondary N) is 1. The molecule has 2 fully saturated rings. The van der Waals surface area contributed by atoms with Gasteiger partial charge in [-0.1, -0.05) is 18.2 Å². The average molecular weight is 301 g/mol. The van der Waals surface area contributed by atoms with Gasteiger partial charge in [-0.3, -0.25) is 4.79 Å². The fourth-order valence-corrected chi connectivity index (χ4v) is 3.68. The number of amides is 1. The van der Waals surface area contributed by atoms with Crippen LogP contribution in [0.3, 0.4) is 0 Å². The molecule has 0 radical (unpaired) electrons. The zero-order valence-electron chi connectivity index (χ0n) is 13.5. The van der Waals surface area contributed by atoms with Crippen molar-refractivity contribution in [3.8, 4) is 0 Å². The van der Waals surface area contributed by atoms with Crippen molar-refractivity contribution in [2.24, 2.45) is 5.92 Å². The number of hydrogen-bond acceptors (Lipinski definition) is 3. The molecule has 0 saturated carbocycles. The van der Waals surface area contributed by atoms with Gasteiger partial charge >= 0.3 is 0 Å². The van der Waals surface area contributed by atoms with Gasteiger partial charge in [-0.15, -0.1) is 0 Å². The normalized spacial score (nSPS) is 23.3. The molecular weight excluding hydrogens is 274 g/mol. The Morgan fingerprint density at radius 1 is 1.18 bits per heavy atom. The van der Waals surface area contributed by atoms with Crippen molar-refractivity contribution in [1.82, 2.24) is 10.2 Å². The van der Waals surface area contributed by atoms with E-state index in [0.717, 1.165) is 51.9 Å². The Hall–Kier alpha value is -1.55. The molecule has 2 heterocycles. The van der Waals surface area contributed by atoms with Crippen LogP contribution in [-0.4, -0.2) is 50.1 Å². The van der Waals surface area contributed by atoms with Gasteiger partial charge in [-0.25, -0.2) is 0 Å². The molecule has 0 aromatic heterocycles. The third-order valence-corrected chi connectivity index (χ3v) is 5.10. The molecule has 2 aliphatic heterocycles. The standard InChI is InChI=1S/C18H27N3O/c1-20(18(22)15-9-11-19-12-10-15)17-8-5-13-21(14-17)16-6-3-2-4-7-16/h2-4,6-7,15,17,19H,5,8-14H2,1H3. The van der Waals surface area contributed by atoms with Crippen molar-refractivity contribution in [3.63, 3.8) is 0 Å². The Bertz CT molecular complexity index is 484. The third-order valence-electron chi connectivity index (χ3n) is 5.10. The van der Waals surface area contributed by atoms with E-state index < -0.39 is 0 Å². The lowest BCUT2D eigenvalue weighted by atomic mass is 9.95. The van der Waals surface area contributed by atoms with Crippen LogP contribution >= 0.6 is 0 Å². The molecule has 1 aromatic carbocycles. The summed E-state index contributed by atoms with van der Waals surface area (Å²) in [5.41, 5.74) is 1.27. The SMILES string of the molecule is CN(C(=O)C1CCNCC1)C1CCCN(c2ccccc2)C1. The van der Waals surface area contributed by atoms with E-state index in [9.17, 15) is 4.79 Å². The van der Waals surface area contributed by atoms with E-state index >= 15 is 0 Å². The number of para-hydroxylation sites is 1. The predicted octanol–water partition coefficient (Wildman–Crippen LogP) is 2.11. The van der Waals surface area contributed by atoms with Crippen LogP contribution in [0, 0.1) is 5.92 Å². The number of carbonyl (C=O) groups is 1. The lowest BCUT2D eigenvalue weighted by Gasteiger charge is -2.40. The van der Waals surface area contributed by atoms with Gasteiger partial charge in [0, 0.05) is 37.8 Å². The molecule has 22 heavy (non-hydrogen) atoms. The van der Waals surface area contributed by atoms with Gasteiger partial charge < -0.3 is 15.1 Å². The van der Waals surface area contributed by atoms with Crippen molar-refractivity contribution in [3.05, 3.63) is 30.3 Å². The first-order valence-corrected chi connectivity index (χ1v) is 8.53. The van der Waals surface area contributed by atoms with Crippen LogP contribution in [0.1, 0.15) is 25.7 Å². The Morgan fingerprint density at radius 2 is 1.91 bits per heavy atom. The molecule has 3 rings (SSSR count). The molecule has 4 heteroatoms. The summed E-state index contributed by atoms with van der Waals surface area (Å²) in [6.45, 7) is 4.00. The first kappa shape index (κ1) is 15.3. The fraction of sp³-hybridized carbons (Fsp3) is 0.611. The van der Waals surface area contributed by atoms with Crippen molar-refractivity contribution in [2.75, 3.05) is 38.1 Å². The first-order chi connectivity index (χ1) is 10.8. The highest BCUT2D eigenvalue weighted by Crippen LogP contribution is 2.24. The van der Waals surface area contributed by atoms with Gasteiger partial charge in [0.15, 0.2) is 0 Å². The minimum Gasteiger partial charge on any atom is -0.369 e. The molecule has 2 saturated heterocycles. The number of anilines is 1. The summed E-state index contributed by atoms with van der Waals surface area (Å²) in [5, 5.41) is 3.34. The predicted molar refractivity (Wildman–Crippen MR) is 90.0 cm³/mol. The molecule has 2 aliphatic rings. The molecule has 120 valence electrons. The second kappa shape index (κ2) is 7.14. The average Bonchev–Trinajstić information content (AvgIpc) is 2.62. The monoisotopic (exact) mass is 301 g/mol. The van der Waals surface area contributed by atoms with Crippen molar-refractivity contribution in [1.29, 1.82) is 0 Å². The van der Waals surface area contributed by atoms with Crippen LogP contribution in [0.2, 0.25) is 0 Å². The minimum absolute atomic E-state index is 0.221. The molecular formula is C18H27N3O. The lowest BCUT2D eigenvalue weighted by molar-refractivity contribution is -0.137. The highest BCUT2D eigenvalue weighted by molar-refractivity contribution is 5.79. The smallest absolute Gasteiger partial charge is 0.225 e. The Labute approximate surface area is 133 Å². The summed E-state index contributed by atoms with van der Waals surface area (Å²) in [6, 6.07) is 10.9. The molecule has 0 aliphatic carbocycles. The van der Waals surface area contributed by atoms with Crippen molar-refractivity contribution < 1.29 is 4.79 Å². The number of rotatable bonds is 3. The Balaban J connectivity index is 1.62. The van der Waals surface area contributed by atoms with Crippen LogP contribution < -0.4 is 10.2 Å². The highest BCUT2D eigenvalue weighted by atomic mass is 16.2. The lowest BCUT2D eigenvalue weighted by Crippen LogP contribution is -2.51. The van der Waals surface area contributed by atoms with Crippen LogP contribution in [0.25, 0.3) is 0 Å². The van der Waals surface area contributed by atoms with Gasteiger partial charge in [0.25, 0.3) is 0 Å². The van der Waals surface area contributed by atoms with E-state index in [1.54, 1.807) is 0 Å². The minimum atomic E-state index is 0.221. The van der Waals surface area contributed by atoms with Crippen molar-refractivity contribution >= 4 is 11.6 Å². The fourth-order valence-electron chi connectivity index (χ4n) is 3.68. The Kier molecular flexibility index (Phi) is 4.98. The number of benzene rings is 1. The molecule has 1 aromatic rings. The summed E-state index contributed by atoms with van der Waals surface area (Å²) >= 11 is 0. The molecule has 0 spiro atoms. The second-order valence-corrected chi connectivity index (χ2v) is 6.55. The summed E-state index contributed by atoms with van der Waals surface area (Å²) in [7, 11) is 2.00. The quantitative estimate of drug-likeness (QED) is 0.929. The van der Waals surface area contributed by atoms with Crippen LogP contribution in [-0.2, 0) is 4.79 Å². The highest BCUT2D eigenvalue weighted by Gasteiger charge is 2.30. The van der Waals surface area contributed by atoms with Crippen LogP contribution in [0.15, 0.2) is 30.3 Å². The zero-order chi connectivity index (χ0) is 15.4. The number of carbonyl (C=O) groups excluding carboxylic acids is 1. The van der Waals surface area contributed by atoms with Gasteiger partial charge in [-0.05, 0) is 50.9 Å². The summed E-state index contributed by atoms with van der Waals surface area (Å²) in [5.74, 6) is 0.569. The summed E-state index contributed by atoms with van der Waals surface area (Å²) in [4.78, 5) is 17.2. The Morgan fingerprint density at radius 3 is 2.64 bits per heavy atom. The van der Waals surface area contributed by atoms with Gasteiger partial charge in [0.1, 0.15) is 0 Å². The molecule has 1 amide bonds. The molecule has 4 nitrogen and oxygen atoms in total. The molecule has 1 unspecified atom stereocenters. The number of hydrogen-bond donors (Lipinski definition) is 1. The van der Waals surface area contributed by atoms with E-state index in [0.29, 0.717) is 11.9 Å². The zero-order valence-corrected chi connectivity index (χ0v) is 13.5.